The molecule has 0 aromatic carbocycles. The van der Waals surface area contributed by atoms with Crippen molar-refractivity contribution in [2.75, 3.05) is 0 Å². The van der Waals surface area contributed by atoms with Gasteiger partial charge in [-0.3, -0.25) is 0 Å². The van der Waals surface area contributed by atoms with Gasteiger partial charge in [0.1, 0.15) is 0 Å². The van der Waals surface area contributed by atoms with E-state index in [4.69, 9.17) is 4.74 Å². The Morgan fingerprint density at radius 3 is 2.62 bits per heavy atom. The van der Waals surface area contributed by atoms with Gasteiger partial charge in [-0.2, -0.15) is 0 Å². The van der Waals surface area contributed by atoms with Crippen molar-refractivity contribution < 1.29 is 19.7 Å². The van der Waals surface area contributed by atoms with Crippen LogP contribution in [0.25, 0.3) is 0 Å². The first-order valence-corrected chi connectivity index (χ1v) is 9.08. The fourth-order valence-electron chi connectivity index (χ4n) is 5.92. The van der Waals surface area contributed by atoms with Gasteiger partial charge < -0.3 is 14.9 Å². The van der Waals surface area contributed by atoms with Crippen LogP contribution in [0.4, 0.5) is 0 Å². The number of rotatable bonds is 3. The highest BCUT2D eigenvalue weighted by Crippen LogP contribution is 2.61. The highest BCUT2D eigenvalue weighted by atomic mass is 16.6. The molecule has 134 valence electrons. The Morgan fingerprint density at radius 2 is 2.00 bits per heavy atom. The van der Waals surface area contributed by atoms with Gasteiger partial charge in [0.2, 0.25) is 6.29 Å². The number of ether oxygens (including phenoxy) is 1. The normalized spacial score (nSPS) is 41.6. The summed E-state index contributed by atoms with van der Waals surface area (Å²) in [6, 6.07) is 0. The fraction of sp³-hybridized carbons (Fsp3) is 0.750. The van der Waals surface area contributed by atoms with Gasteiger partial charge in [-0.1, -0.05) is 32.9 Å². The summed E-state index contributed by atoms with van der Waals surface area (Å²) in [6.07, 6.45) is 5.36. The molecule has 3 aliphatic rings. The van der Waals surface area contributed by atoms with Crippen LogP contribution in [0.2, 0.25) is 0 Å². The third-order valence-electron chi connectivity index (χ3n) is 6.79. The molecule has 1 heterocycles. The van der Waals surface area contributed by atoms with E-state index >= 15 is 0 Å². The van der Waals surface area contributed by atoms with Gasteiger partial charge in [0.05, 0.1) is 6.10 Å². The molecule has 2 aliphatic carbocycles. The quantitative estimate of drug-likeness (QED) is 0.614. The van der Waals surface area contributed by atoms with E-state index in [0.717, 1.165) is 32.1 Å². The average molecular weight is 334 g/mol. The summed E-state index contributed by atoms with van der Waals surface area (Å²) in [7, 11) is 0. The zero-order valence-electron chi connectivity index (χ0n) is 15.0. The molecule has 2 saturated carbocycles. The smallest absolute Gasteiger partial charge is 0.333 e. The van der Waals surface area contributed by atoms with Crippen LogP contribution in [0, 0.1) is 22.7 Å². The molecule has 0 unspecified atom stereocenters. The summed E-state index contributed by atoms with van der Waals surface area (Å²) in [5.41, 5.74) is 2.05. The second-order valence-corrected chi connectivity index (χ2v) is 8.91. The number of carbonyl (C=O) groups is 1. The lowest BCUT2D eigenvalue weighted by molar-refractivity contribution is -0.151. The number of hydrogen-bond acceptors (Lipinski definition) is 4. The maximum Gasteiger partial charge on any atom is 0.333 e. The van der Waals surface area contributed by atoms with Gasteiger partial charge in [-0.05, 0) is 61.2 Å². The standard InChI is InChI=1S/C20H30O4/c1-12-5-8-16-19(2,3)10-14(21)11-20(16,4)15(12)7-6-13-9-17(22)24-18(13)23/h9,14-16,18,21,23H,1,5-8,10-11H2,2-4H3/t14-,15-,16-,18+,20+/m1/s1. The minimum atomic E-state index is -1.09. The lowest BCUT2D eigenvalue weighted by Gasteiger charge is -2.59. The second kappa shape index (κ2) is 5.99. The molecule has 0 saturated heterocycles. The second-order valence-electron chi connectivity index (χ2n) is 8.91. The Kier molecular flexibility index (Phi) is 4.42. The molecule has 3 rings (SSSR count). The van der Waals surface area contributed by atoms with Crippen LogP contribution in [0.5, 0.6) is 0 Å². The number of cyclic esters (lactones) is 1. The Hall–Kier alpha value is -1.13. The fourth-order valence-corrected chi connectivity index (χ4v) is 5.92. The summed E-state index contributed by atoms with van der Waals surface area (Å²) >= 11 is 0. The first kappa shape index (κ1) is 17.7. The number of aliphatic hydroxyl groups excluding tert-OH is 2. The summed E-state index contributed by atoms with van der Waals surface area (Å²) in [5.74, 6) is 0.400. The van der Waals surface area contributed by atoms with E-state index < -0.39 is 12.3 Å². The third kappa shape index (κ3) is 2.95. The molecule has 0 aromatic rings. The number of carbonyl (C=O) groups excluding carboxylic acids is 1. The summed E-state index contributed by atoms with van der Waals surface area (Å²) in [4.78, 5) is 11.3. The molecule has 24 heavy (non-hydrogen) atoms. The van der Waals surface area contributed by atoms with Crippen molar-refractivity contribution in [3.63, 3.8) is 0 Å². The van der Waals surface area contributed by atoms with E-state index in [1.54, 1.807) is 0 Å². The largest absolute Gasteiger partial charge is 0.429 e. The van der Waals surface area contributed by atoms with Crippen LogP contribution in [0.1, 0.15) is 59.3 Å². The van der Waals surface area contributed by atoms with Crippen molar-refractivity contribution in [3.05, 3.63) is 23.8 Å². The molecule has 0 aromatic heterocycles. The van der Waals surface area contributed by atoms with Crippen molar-refractivity contribution in [3.8, 4) is 0 Å². The molecular weight excluding hydrogens is 304 g/mol. The Labute approximate surface area is 144 Å². The molecule has 5 atom stereocenters. The van der Waals surface area contributed by atoms with Gasteiger partial charge in [-0.15, -0.1) is 0 Å². The molecule has 0 spiro atoms. The van der Waals surface area contributed by atoms with Gasteiger partial charge in [-0.25, -0.2) is 4.79 Å². The molecule has 2 N–H and O–H groups in total. The number of hydrogen-bond donors (Lipinski definition) is 2. The summed E-state index contributed by atoms with van der Waals surface area (Å²) in [6.45, 7) is 11.2. The van der Waals surface area contributed by atoms with Crippen molar-refractivity contribution in [1.29, 1.82) is 0 Å². The van der Waals surface area contributed by atoms with Crippen molar-refractivity contribution >= 4 is 5.97 Å². The maximum atomic E-state index is 11.3. The monoisotopic (exact) mass is 334 g/mol. The predicted octanol–water partition coefficient (Wildman–Crippen LogP) is 3.34. The maximum absolute atomic E-state index is 11.3. The lowest BCUT2D eigenvalue weighted by Crippen LogP contribution is -2.53. The minimum Gasteiger partial charge on any atom is -0.429 e. The van der Waals surface area contributed by atoms with Crippen LogP contribution in [-0.2, 0) is 9.53 Å². The number of fused-ring (bicyclic) bond motifs is 1. The first-order chi connectivity index (χ1) is 11.1. The van der Waals surface area contributed by atoms with Crippen molar-refractivity contribution in [2.24, 2.45) is 22.7 Å². The Balaban J connectivity index is 1.81. The minimum absolute atomic E-state index is 0.0193. The van der Waals surface area contributed by atoms with E-state index in [1.165, 1.54) is 11.6 Å². The summed E-state index contributed by atoms with van der Waals surface area (Å²) < 4.78 is 4.78. The van der Waals surface area contributed by atoms with Crippen LogP contribution in [0.3, 0.4) is 0 Å². The van der Waals surface area contributed by atoms with E-state index in [0.29, 0.717) is 23.8 Å². The van der Waals surface area contributed by atoms with Gasteiger partial charge in [0.15, 0.2) is 0 Å². The highest BCUT2D eigenvalue weighted by Gasteiger charge is 2.54. The zero-order valence-corrected chi connectivity index (χ0v) is 15.0. The van der Waals surface area contributed by atoms with E-state index in [9.17, 15) is 15.0 Å². The van der Waals surface area contributed by atoms with Gasteiger partial charge in [0, 0.05) is 11.6 Å². The zero-order chi connectivity index (χ0) is 17.7. The van der Waals surface area contributed by atoms with Gasteiger partial charge in [0.25, 0.3) is 0 Å². The van der Waals surface area contributed by atoms with E-state index in [-0.39, 0.29) is 16.9 Å². The van der Waals surface area contributed by atoms with E-state index in [2.05, 4.69) is 27.4 Å². The average Bonchev–Trinajstić information content (AvgIpc) is 2.74. The van der Waals surface area contributed by atoms with Crippen molar-refractivity contribution in [2.45, 2.75) is 71.7 Å². The van der Waals surface area contributed by atoms with E-state index in [1.807, 2.05) is 0 Å². The van der Waals surface area contributed by atoms with Crippen LogP contribution in [0.15, 0.2) is 23.8 Å². The molecule has 1 aliphatic heterocycles. The molecular formula is C20H30O4. The highest BCUT2D eigenvalue weighted by molar-refractivity contribution is 5.85. The molecule has 0 amide bonds. The van der Waals surface area contributed by atoms with Crippen molar-refractivity contribution in [1.82, 2.24) is 0 Å². The number of allylic oxidation sites excluding steroid dienone is 1. The third-order valence-corrected chi connectivity index (χ3v) is 6.79. The predicted molar refractivity (Wildman–Crippen MR) is 91.9 cm³/mol. The van der Waals surface area contributed by atoms with Crippen LogP contribution < -0.4 is 0 Å². The first-order valence-electron chi connectivity index (χ1n) is 9.08. The number of esters is 1. The van der Waals surface area contributed by atoms with Crippen LogP contribution >= 0.6 is 0 Å². The van der Waals surface area contributed by atoms with Crippen LogP contribution in [-0.4, -0.2) is 28.6 Å². The van der Waals surface area contributed by atoms with Gasteiger partial charge >= 0.3 is 5.97 Å². The molecule has 0 radical (unpaired) electrons. The Morgan fingerprint density at radius 1 is 1.29 bits per heavy atom. The molecule has 0 bridgehead atoms. The molecule has 4 heteroatoms. The molecule has 4 nitrogen and oxygen atoms in total. The number of aliphatic hydroxyl groups is 2. The SMILES string of the molecule is C=C1CC[C@@H]2C(C)(C)C[C@@H](O)C[C@@]2(C)[C@@H]1CCC1=CC(=O)O[C@@H]1O. The topological polar surface area (TPSA) is 66.8 Å². The molecule has 2 fully saturated rings. The summed E-state index contributed by atoms with van der Waals surface area (Å²) in [5, 5.41) is 20.3. The Bertz CT molecular complexity index is 576. The lowest BCUT2D eigenvalue weighted by atomic mass is 9.46.